The minimum atomic E-state index is 0.620. The van der Waals surface area contributed by atoms with E-state index in [1.165, 1.54) is 10.8 Å². The number of furan rings is 1. The Balaban J connectivity index is 1.36. The third-order valence-corrected chi connectivity index (χ3v) is 9.53. The van der Waals surface area contributed by atoms with E-state index in [1.54, 1.807) is 6.08 Å². The number of rotatable bonds is 5. The van der Waals surface area contributed by atoms with Gasteiger partial charge in [-0.25, -0.2) is 0 Å². The summed E-state index contributed by atoms with van der Waals surface area (Å²) in [5, 5.41) is 15.7. The fraction of sp³-hybridized carbons (Fsp3) is 0.0227. The number of nitrogens with zero attached hydrogens (tertiary/aromatic N) is 3. The van der Waals surface area contributed by atoms with Crippen LogP contribution in [0.4, 0.5) is 0 Å². The molecule has 0 bridgehead atoms. The normalized spacial score (nSPS) is 11.8. The Hall–Kier alpha value is -6.57. The van der Waals surface area contributed by atoms with Gasteiger partial charge >= 0.3 is 0 Å². The Morgan fingerprint density at radius 1 is 0.667 bits per heavy atom. The number of hydrogen-bond donors (Lipinski definition) is 0. The van der Waals surface area contributed by atoms with Crippen molar-refractivity contribution in [2.24, 2.45) is 0 Å². The van der Waals surface area contributed by atoms with Gasteiger partial charge in [0.05, 0.1) is 39.4 Å². The minimum Gasteiger partial charge on any atom is -0.454 e. The molecular weight excluding hydrogens is 587 g/mol. The maximum Gasteiger partial charge on any atom is 0.159 e. The highest BCUT2D eigenvalue weighted by Gasteiger charge is 2.21. The average molecular weight is 616 g/mol. The van der Waals surface area contributed by atoms with Crippen molar-refractivity contribution in [3.63, 3.8) is 0 Å². The molecule has 4 heteroatoms. The second kappa shape index (κ2) is 10.8. The molecule has 0 spiro atoms. The molecule has 0 saturated carbocycles. The van der Waals surface area contributed by atoms with Crippen molar-refractivity contribution in [1.29, 1.82) is 5.26 Å². The van der Waals surface area contributed by atoms with Gasteiger partial charge in [-0.2, -0.15) is 5.26 Å². The van der Waals surface area contributed by atoms with Crippen LogP contribution in [0.3, 0.4) is 0 Å². The second-order valence-electron chi connectivity index (χ2n) is 12.1. The Morgan fingerprint density at radius 2 is 1.35 bits per heavy atom. The Morgan fingerprint density at radius 3 is 2.08 bits per heavy atom. The first-order chi connectivity index (χ1) is 23.7. The molecule has 0 aliphatic carbocycles. The molecule has 0 unspecified atom stereocenters. The molecule has 0 aliphatic heterocycles. The monoisotopic (exact) mass is 615 g/mol. The van der Waals surface area contributed by atoms with Crippen LogP contribution in [0.15, 0.2) is 151 Å². The molecule has 48 heavy (non-hydrogen) atoms. The molecular formula is C44H29N3O. The van der Waals surface area contributed by atoms with E-state index < -0.39 is 0 Å². The molecule has 0 saturated heterocycles. The van der Waals surface area contributed by atoms with Gasteiger partial charge in [0.2, 0.25) is 0 Å². The number of aryl methyl sites for hydroxylation is 1. The fourth-order valence-corrected chi connectivity index (χ4v) is 7.34. The van der Waals surface area contributed by atoms with E-state index in [0.29, 0.717) is 5.56 Å². The van der Waals surface area contributed by atoms with E-state index in [4.69, 9.17) is 4.42 Å². The Bertz CT molecular complexity index is 2760. The van der Waals surface area contributed by atoms with Crippen molar-refractivity contribution < 1.29 is 4.42 Å². The van der Waals surface area contributed by atoms with Crippen molar-refractivity contribution in [2.75, 3.05) is 0 Å². The Kier molecular flexibility index (Phi) is 6.21. The average Bonchev–Trinajstić information content (AvgIpc) is 3.77. The summed E-state index contributed by atoms with van der Waals surface area (Å²) in [7, 11) is 0. The highest BCUT2D eigenvalue weighted by atomic mass is 16.3. The number of benzene rings is 6. The minimum absolute atomic E-state index is 0.620. The molecule has 0 amide bonds. The lowest BCUT2D eigenvalue weighted by molar-refractivity contribution is 0.603. The predicted molar refractivity (Wildman–Crippen MR) is 199 cm³/mol. The zero-order valence-electron chi connectivity index (χ0n) is 26.3. The fourth-order valence-electron chi connectivity index (χ4n) is 7.34. The zero-order valence-corrected chi connectivity index (χ0v) is 26.3. The third-order valence-electron chi connectivity index (χ3n) is 9.53. The molecule has 3 heterocycles. The number of hydrogen-bond acceptors (Lipinski definition) is 2. The molecule has 9 aromatic rings. The number of para-hydroxylation sites is 3. The van der Waals surface area contributed by atoms with Crippen molar-refractivity contribution in [2.45, 2.75) is 6.92 Å². The van der Waals surface area contributed by atoms with Gasteiger partial charge in [0, 0.05) is 43.7 Å². The van der Waals surface area contributed by atoms with E-state index in [1.807, 2.05) is 30.4 Å². The summed E-state index contributed by atoms with van der Waals surface area (Å²) in [6.45, 7) is 5.94. The highest BCUT2D eigenvalue weighted by Crippen LogP contribution is 2.42. The quantitative estimate of drug-likeness (QED) is 0.181. The summed E-state index contributed by atoms with van der Waals surface area (Å²) in [5.41, 5.74) is 11.1. The van der Waals surface area contributed by atoms with Crippen LogP contribution in [-0.4, -0.2) is 9.13 Å². The first kappa shape index (κ1) is 27.7. The lowest BCUT2D eigenvalue weighted by Gasteiger charge is -2.15. The van der Waals surface area contributed by atoms with E-state index in [0.717, 1.165) is 77.6 Å². The summed E-state index contributed by atoms with van der Waals surface area (Å²) < 4.78 is 11.2. The summed E-state index contributed by atoms with van der Waals surface area (Å²) in [6.07, 6.45) is 5.65. The molecule has 4 nitrogen and oxygen atoms in total. The van der Waals surface area contributed by atoms with Gasteiger partial charge < -0.3 is 13.6 Å². The van der Waals surface area contributed by atoms with Crippen LogP contribution in [0.2, 0.25) is 0 Å². The molecule has 3 aromatic heterocycles. The number of allylic oxidation sites excluding steroid dienone is 2. The van der Waals surface area contributed by atoms with Crippen LogP contribution >= 0.6 is 0 Å². The van der Waals surface area contributed by atoms with Crippen LogP contribution in [0.5, 0.6) is 0 Å². The lowest BCUT2D eigenvalue weighted by atomic mass is 9.99. The summed E-state index contributed by atoms with van der Waals surface area (Å²) in [6, 6.07) is 46.9. The molecule has 9 rings (SSSR count). The summed E-state index contributed by atoms with van der Waals surface area (Å²) >= 11 is 0. The summed E-state index contributed by atoms with van der Waals surface area (Å²) in [4.78, 5) is 0. The third kappa shape index (κ3) is 4.02. The SMILES string of the molecule is C=C/C=C\c1oc2c(ccc3c4cc(-c5ccc(C#N)cc5-n5c6ccccc6c6ccccc65)ccc4n(-c4ccccc4)c32)c1C. The van der Waals surface area contributed by atoms with Crippen LogP contribution in [0.25, 0.3) is 83.2 Å². The van der Waals surface area contributed by atoms with Gasteiger partial charge in [-0.3, -0.25) is 0 Å². The zero-order chi connectivity index (χ0) is 32.4. The highest BCUT2D eigenvalue weighted by molar-refractivity contribution is 6.18. The maximum absolute atomic E-state index is 9.99. The maximum atomic E-state index is 9.99. The number of nitriles is 1. The molecule has 0 N–H and O–H groups in total. The van der Waals surface area contributed by atoms with E-state index >= 15 is 0 Å². The first-order valence-corrected chi connectivity index (χ1v) is 16.0. The van der Waals surface area contributed by atoms with Crippen molar-refractivity contribution in [3.05, 3.63) is 163 Å². The van der Waals surface area contributed by atoms with Gasteiger partial charge in [0.1, 0.15) is 5.76 Å². The van der Waals surface area contributed by atoms with Gasteiger partial charge in [-0.1, -0.05) is 97.6 Å². The van der Waals surface area contributed by atoms with E-state index in [2.05, 4.69) is 138 Å². The smallest absolute Gasteiger partial charge is 0.159 e. The summed E-state index contributed by atoms with van der Waals surface area (Å²) in [5.74, 6) is 0.830. The second-order valence-corrected chi connectivity index (χ2v) is 12.1. The lowest BCUT2D eigenvalue weighted by Crippen LogP contribution is -1.98. The van der Waals surface area contributed by atoms with Crippen molar-refractivity contribution in [3.8, 4) is 28.6 Å². The van der Waals surface area contributed by atoms with Crippen LogP contribution in [-0.2, 0) is 0 Å². The van der Waals surface area contributed by atoms with E-state index in [9.17, 15) is 5.26 Å². The number of fused-ring (bicyclic) bond motifs is 8. The largest absolute Gasteiger partial charge is 0.454 e. The van der Waals surface area contributed by atoms with Crippen molar-refractivity contribution >= 4 is 60.7 Å². The van der Waals surface area contributed by atoms with Gasteiger partial charge in [0.25, 0.3) is 0 Å². The molecule has 226 valence electrons. The Labute approximate surface area is 277 Å². The van der Waals surface area contributed by atoms with Gasteiger partial charge in [-0.15, -0.1) is 0 Å². The topological polar surface area (TPSA) is 46.8 Å². The molecule has 0 fully saturated rings. The van der Waals surface area contributed by atoms with Gasteiger partial charge in [-0.05, 0) is 67.1 Å². The standard InChI is InChI=1S/C44H29N3O/c1-3-4-18-42-28(2)32-22-23-36-37-26-30(20-24-40(37)46(43(36)44(32)48-42)31-12-6-5-7-13-31)33-21-19-29(27-45)25-41(33)47-38-16-10-8-14-34(38)35-15-9-11-17-39(35)47/h3-26H,1H2,2H3/b18-4-. The van der Waals surface area contributed by atoms with Crippen LogP contribution < -0.4 is 0 Å². The molecule has 0 atom stereocenters. The molecule has 0 aliphatic rings. The predicted octanol–water partition coefficient (Wildman–Crippen LogP) is 11.7. The van der Waals surface area contributed by atoms with E-state index in [-0.39, 0.29) is 0 Å². The first-order valence-electron chi connectivity index (χ1n) is 16.0. The van der Waals surface area contributed by atoms with Crippen LogP contribution in [0, 0.1) is 18.3 Å². The van der Waals surface area contributed by atoms with Crippen molar-refractivity contribution in [1.82, 2.24) is 9.13 Å². The number of aromatic nitrogens is 2. The van der Waals surface area contributed by atoms with Gasteiger partial charge in [0.15, 0.2) is 5.58 Å². The van der Waals surface area contributed by atoms with Crippen LogP contribution in [0.1, 0.15) is 16.9 Å². The molecule has 0 radical (unpaired) electrons. The molecule has 6 aromatic carbocycles.